The van der Waals surface area contributed by atoms with Gasteiger partial charge >= 0.3 is 6.03 Å². The second kappa shape index (κ2) is 7.23. The van der Waals surface area contributed by atoms with Crippen LogP contribution in [-0.4, -0.2) is 44.9 Å². The maximum Gasteiger partial charge on any atom is 0.318 e. The minimum absolute atomic E-state index is 0.0203. The summed E-state index contributed by atoms with van der Waals surface area (Å²) in [5.74, 6) is 0.727. The summed E-state index contributed by atoms with van der Waals surface area (Å²) in [7, 11) is 1.86. The quantitative estimate of drug-likeness (QED) is 0.928. The third kappa shape index (κ3) is 3.66. The van der Waals surface area contributed by atoms with E-state index in [1.54, 1.807) is 6.33 Å². The lowest BCUT2D eigenvalue weighted by Gasteiger charge is -2.39. The van der Waals surface area contributed by atoms with Gasteiger partial charge in [-0.2, -0.15) is 0 Å². The van der Waals surface area contributed by atoms with Crippen LogP contribution in [0.2, 0.25) is 0 Å². The van der Waals surface area contributed by atoms with Crippen LogP contribution >= 0.6 is 0 Å². The van der Waals surface area contributed by atoms with Gasteiger partial charge in [0.2, 0.25) is 0 Å². The molecule has 2 heterocycles. The lowest BCUT2D eigenvalue weighted by molar-refractivity contribution is -0.0433. The summed E-state index contributed by atoms with van der Waals surface area (Å²) in [5, 5.41) is 10.9. The SMILES string of the molecule is Cc1ccccc1[C@@H]1CN(C(=O)N[C@H](C)c2nncn2C)[C@@H](C)CO1. The van der Waals surface area contributed by atoms with Crippen molar-refractivity contribution in [1.82, 2.24) is 25.0 Å². The lowest BCUT2D eigenvalue weighted by atomic mass is 10.0. The van der Waals surface area contributed by atoms with Gasteiger partial charge in [0.15, 0.2) is 5.82 Å². The molecule has 7 nitrogen and oxygen atoms in total. The Morgan fingerprint density at radius 2 is 2.16 bits per heavy atom. The van der Waals surface area contributed by atoms with Crippen molar-refractivity contribution in [2.24, 2.45) is 7.05 Å². The summed E-state index contributed by atoms with van der Waals surface area (Å²) < 4.78 is 7.80. The van der Waals surface area contributed by atoms with Crippen molar-refractivity contribution < 1.29 is 9.53 Å². The van der Waals surface area contributed by atoms with Crippen LogP contribution in [0.25, 0.3) is 0 Å². The van der Waals surface area contributed by atoms with E-state index in [1.807, 2.05) is 42.5 Å². The van der Waals surface area contributed by atoms with Crippen LogP contribution in [0.3, 0.4) is 0 Å². The van der Waals surface area contributed by atoms with E-state index in [0.29, 0.717) is 13.2 Å². The first-order valence-electron chi connectivity index (χ1n) is 8.55. The molecule has 3 rings (SSSR count). The molecule has 1 aromatic carbocycles. The zero-order chi connectivity index (χ0) is 18.0. The number of urea groups is 1. The van der Waals surface area contributed by atoms with Gasteiger partial charge in [0.1, 0.15) is 12.4 Å². The molecule has 0 bridgehead atoms. The van der Waals surface area contributed by atoms with Gasteiger partial charge in [-0.15, -0.1) is 10.2 Å². The largest absolute Gasteiger partial charge is 0.370 e. The van der Waals surface area contributed by atoms with Gasteiger partial charge in [0, 0.05) is 7.05 Å². The molecule has 134 valence electrons. The van der Waals surface area contributed by atoms with Gasteiger partial charge in [0.05, 0.1) is 25.2 Å². The molecule has 0 spiro atoms. The number of hydrogen-bond donors (Lipinski definition) is 1. The van der Waals surface area contributed by atoms with Crippen LogP contribution in [0, 0.1) is 6.92 Å². The first-order valence-corrected chi connectivity index (χ1v) is 8.55. The van der Waals surface area contributed by atoms with Gasteiger partial charge in [-0.3, -0.25) is 0 Å². The van der Waals surface area contributed by atoms with Crippen molar-refractivity contribution in [2.45, 2.75) is 39.0 Å². The zero-order valence-electron chi connectivity index (χ0n) is 15.1. The number of carbonyl (C=O) groups is 1. The van der Waals surface area contributed by atoms with Crippen LogP contribution in [0.1, 0.15) is 42.9 Å². The molecule has 2 aromatic rings. The van der Waals surface area contributed by atoms with E-state index in [4.69, 9.17) is 4.74 Å². The van der Waals surface area contributed by atoms with E-state index in [-0.39, 0.29) is 24.2 Å². The maximum atomic E-state index is 12.8. The molecule has 0 unspecified atom stereocenters. The number of ether oxygens (including phenoxy) is 1. The summed E-state index contributed by atoms with van der Waals surface area (Å²) in [6.45, 7) is 7.03. The lowest BCUT2D eigenvalue weighted by Crippen LogP contribution is -2.52. The normalized spacial score (nSPS) is 21.8. The number of rotatable bonds is 3. The topological polar surface area (TPSA) is 72.3 Å². The van der Waals surface area contributed by atoms with Crippen LogP contribution in [0.15, 0.2) is 30.6 Å². The minimum atomic E-state index is -0.216. The van der Waals surface area contributed by atoms with Crippen molar-refractivity contribution in [1.29, 1.82) is 0 Å². The Labute approximate surface area is 148 Å². The second-order valence-corrected chi connectivity index (χ2v) is 6.65. The summed E-state index contributed by atoms with van der Waals surface area (Å²) in [6, 6.07) is 7.84. The molecule has 1 saturated heterocycles. The molecule has 3 atom stereocenters. The van der Waals surface area contributed by atoms with Crippen LogP contribution in [0.4, 0.5) is 4.79 Å². The third-order valence-corrected chi connectivity index (χ3v) is 4.70. The number of aromatic nitrogens is 3. The molecule has 25 heavy (non-hydrogen) atoms. The van der Waals surface area contributed by atoms with E-state index in [2.05, 4.69) is 34.6 Å². The van der Waals surface area contributed by atoms with Crippen LogP contribution in [0.5, 0.6) is 0 Å². The molecule has 7 heteroatoms. The summed E-state index contributed by atoms with van der Waals surface area (Å²) in [5.41, 5.74) is 2.31. The smallest absolute Gasteiger partial charge is 0.318 e. The molecule has 1 aromatic heterocycles. The number of aryl methyl sites for hydroxylation is 2. The number of nitrogens with zero attached hydrogens (tertiary/aromatic N) is 4. The summed E-state index contributed by atoms with van der Waals surface area (Å²) in [6.07, 6.45) is 1.53. The number of hydrogen-bond acceptors (Lipinski definition) is 4. The molecular formula is C18H25N5O2. The first-order chi connectivity index (χ1) is 12.0. The molecule has 2 amide bonds. The van der Waals surface area contributed by atoms with Crippen LogP contribution in [-0.2, 0) is 11.8 Å². The number of amides is 2. The van der Waals surface area contributed by atoms with Crippen molar-refractivity contribution in [3.63, 3.8) is 0 Å². The minimum Gasteiger partial charge on any atom is -0.370 e. The molecule has 1 fully saturated rings. The van der Waals surface area contributed by atoms with Gasteiger partial charge in [0.25, 0.3) is 0 Å². The van der Waals surface area contributed by atoms with E-state index in [0.717, 1.165) is 11.4 Å². The fourth-order valence-corrected chi connectivity index (χ4v) is 3.19. The average Bonchev–Trinajstić information content (AvgIpc) is 3.02. The average molecular weight is 343 g/mol. The zero-order valence-corrected chi connectivity index (χ0v) is 15.1. The highest BCUT2D eigenvalue weighted by atomic mass is 16.5. The number of morpholine rings is 1. The Bertz CT molecular complexity index is 745. The maximum absolute atomic E-state index is 12.8. The highest BCUT2D eigenvalue weighted by Crippen LogP contribution is 2.27. The molecule has 0 saturated carbocycles. The molecule has 1 aliphatic heterocycles. The molecular weight excluding hydrogens is 318 g/mol. The van der Waals surface area contributed by atoms with Crippen LogP contribution < -0.4 is 5.32 Å². The van der Waals surface area contributed by atoms with E-state index in [1.165, 1.54) is 5.56 Å². The Kier molecular flexibility index (Phi) is 5.03. The van der Waals surface area contributed by atoms with E-state index in [9.17, 15) is 4.79 Å². The third-order valence-electron chi connectivity index (χ3n) is 4.70. The monoisotopic (exact) mass is 343 g/mol. The molecule has 1 N–H and O–H groups in total. The predicted molar refractivity (Wildman–Crippen MR) is 94.0 cm³/mol. The molecule has 0 aliphatic carbocycles. The Morgan fingerprint density at radius 3 is 2.84 bits per heavy atom. The molecule has 1 aliphatic rings. The summed E-state index contributed by atoms with van der Waals surface area (Å²) >= 11 is 0. The van der Waals surface area contributed by atoms with E-state index < -0.39 is 0 Å². The second-order valence-electron chi connectivity index (χ2n) is 6.65. The Balaban J connectivity index is 1.70. The highest BCUT2D eigenvalue weighted by Gasteiger charge is 2.32. The number of benzene rings is 1. The predicted octanol–water partition coefficient (Wildman–Crippen LogP) is 2.36. The standard InChI is InChI=1S/C18H25N5O2/c1-12-7-5-6-8-15(12)16-9-23(13(2)10-25-16)18(24)20-14(3)17-21-19-11-22(17)4/h5-8,11,13-14,16H,9-10H2,1-4H3,(H,20,24)/t13-,14+,16-/m0/s1. The summed E-state index contributed by atoms with van der Waals surface area (Å²) in [4.78, 5) is 14.6. The fourth-order valence-electron chi connectivity index (χ4n) is 3.19. The van der Waals surface area contributed by atoms with E-state index >= 15 is 0 Å². The Hall–Kier alpha value is -2.41. The van der Waals surface area contributed by atoms with Crippen molar-refractivity contribution in [2.75, 3.05) is 13.2 Å². The number of carbonyl (C=O) groups excluding carboxylic acids is 1. The van der Waals surface area contributed by atoms with Gasteiger partial charge in [-0.1, -0.05) is 24.3 Å². The van der Waals surface area contributed by atoms with Crippen molar-refractivity contribution in [3.05, 3.63) is 47.5 Å². The number of nitrogens with one attached hydrogen (secondary N) is 1. The highest BCUT2D eigenvalue weighted by molar-refractivity contribution is 5.75. The first kappa shape index (κ1) is 17.4. The van der Waals surface area contributed by atoms with Crippen molar-refractivity contribution >= 4 is 6.03 Å². The molecule has 0 radical (unpaired) electrons. The van der Waals surface area contributed by atoms with Gasteiger partial charge in [-0.05, 0) is 31.9 Å². The fraction of sp³-hybridized carbons (Fsp3) is 0.500. The van der Waals surface area contributed by atoms with Gasteiger partial charge in [-0.25, -0.2) is 4.79 Å². The Morgan fingerprint density at radius 1 is 1.40 bits per heavy atom. The van der Waals surface area contributed by atoms with Crippen molar-refractivity contribution in [3.8, 4) is 0 Å². The van der Waals surface area contributed by atoms with Gasteiger partial charge < -0.3 is 19.5 Å².